The van der Waals surface area contributed by atoms with E-state index in [9.17, 15) is 14.4 Å². The Morgan fingerprint density at radius 2 is 2.00 bits per heavy atom. The van der Waals surface area contributed by atoms with Gasteiger partial charge in [0, 0.05) is 24.5 Å². The molecule has 96 valence electrons. The smallest absolute Gasteiger partial charge is 0.330 e. The summed E-state index contributed by atoms with van der Waals surface area (Å²) in [4.78, 5) is 38.5. The predicted octanol–water partition coefficient (Wildman–Crippen LogP) is 1.77. The van der Waals surface area contributed by atoms with Crippen molar-refractivity contribution in [1.29, 1.82) is 0 Å². The molecule has 1 unspecified atom stereocenters. The molecule has 0 bridgehead atoms. The standard InChI is InChI=1S/C10H15NO4S2/c1-7(17-16-2)3-6-10(14)15-11-8(12)4-5-9(11)13/h7H,3-6H2,1-2H3. The zero-order valence-electron chi connectivity index (χ0n) is 9.80. The molecule has 1 rings (SSSR count). The van der Waals surface area contributed by atoms with Crippen molar-refractivity contribution in [3.05, 3.63) is 0 Å². The molecule has 0 spiro atoms. The molecule has 1 aliphatic rings. The molecule has 1 fully saturated rings. The Kier molecular flexibility index (Phi) is 5.84. The summed E-state index contributed by atoms with van der Waals surface area (Å²) in [6, 6.07) is 0. The number of amides is 2. The van der Waals surface area contributed by atoms with Crippen molar-refractivity contribution in [3.63, 3.8) is 0 Å². The molecule has 0 saturated carbocycles. The van der Waals surface area contributed by atoms with Gasteiger partial charge in [-0.05, 0) is 12.7 Å². The predicted molar refractivity (Wildman–Crippen MR) is 67.0 cm³/mol. The molecule has 1 aliphatic heterocycles. The number of carbonyl (C=O) groups is 3. The van der Waals surface area contributed by atoms with Crippen LogP contribution in [0.25, 0.3) is 0 Å². The number of imide groups is 1. The lowest BCUT2D eigenvalue weighted by molar-refractivity contribution is -0.197. The Balaban J connectivity index is 2.29. The van der Waals surface area contributed by atoms with Gasteiger partial charge in [0.2, 0.25) is 0 Å². The van der Waals surface area contributed by atoms with Crippen LogP contribution in [0.5, 0.6) is 0 Å². The first kappa shape index (κ1) is 14.4. The van der Waals surface area contributed by atoms with E-state index in [0.717, 1.165) is 0 Å². The van der Waals surface area contributed by atoms with Gasteiger partial charge in [0.05, 0.1) is 0 Å². The molecule has 0 aromatic rings. The van der Waals surface area contributed by atoms with Crippen LogP contribution in [-0.4, -0.2) is 34.4 Å². The van der Waals surface area contributed by atoms with Crippen LogP contribution in [-0.2, 0) is 19.2 Å². The van der Waals surface area contributed by atoms with Gasteiger partial charge in [-0.2, -0.15) is 0 Å². The van der Waals surface area contributed by atoms with Crippen molar-refractivity contribution in [2.45, 2.75) is 37.9 Å². The van der Waals surface area contributed by atoms with Gasteiger partial charge in [0.1, 0.15) is 0 Å². The first-order valence-corrected chi connectivity index (χ1v) is 7.92. The lowest BCUT2D eigenvalue weighted by atomic mass is 10.2. The largest absolute Gasteiger partial charge is 0.333 e. The average Bonchev–Trinajstić information content (AvgIpc) is 2.58. The second-order valence-electron chi connectivity index (χ2n) is 3.66. The van der Waals surface area contributed by atoms with Gasteiger partial charge in [0.25, 0.3) is 11.8 Å². The minimum atomic E-state index is -0.526. The molecule has 0 aromatic heterocycles. The molecule has 7 heteroatoms. The van der Waals surface area contributed by atoms with Crippen LogP contribution in [0.1, 0.15) is 32.6 Å². The minimum absolute atomic E-state index is 0.130. The quantitative estimate of drug-likeness (QED) is 0.544. The van der Waals surface area contributed by atoms with Crippen LogP contribution in [0, 0.1) is 0 Å². The van der Waals surface area contributed by atoms with Crippen molar-refractivity contribution in [2.24, 2.45) is 0 Å². The van der Waals surface area contributed by atoms with Crippen LogP contribution in [0.2, 0.25) is 0 Å². The van der Waals surface area contributed by atoms with Crippen LogP contribution in [0.15, 0.2) is 0 Å². The SMILES string of the molecule is CSSC(C)CCC(=O)ON1C(=O)CCC1=O. The summed E-state index contributed by atoms with van der Waals surface area (Å²) >= 11 is 0. The number of hydroxylamine groups is 2. The van der Waals surface area contributed by atoms with Crippen LogP contribution in [0.4, 0.5) is 0 Å². The monoisotopic (exact) mass is 277 g/mol. The summed E-state index contributed by atoms with van der Waals surface area (Å²) in [5, 5.41) is 0.928. The molecular weight excluding hydrogens is 262 g/mol. The summed E-state index contributed by atoms with van der Waals surface area (Å²) in [5.74, 6) is -1.40. The minimum Gasteiger partial charge on any atom is -0.330 e. The highest BCUT2D eigenvalue weighted by Gasteiger charge is 2.32. The Hall–Kier alpha value is -0.690. The summed E-state index contributed by atoms with van der Waals surface area (Å²) in [6.45, 7) is 2.01. The molecular formula is C10H15NO4S2. The fourth-order valence-corrected chi connectivity index (χ4v) is 3.16. The van der Waals surface area contributed by atoms with Gasteiger partial charge in [-0.15, -0.1) is 5.06 Å². The first-order valence-electron chi connectivity index (χ1n) is 5.30. The van der Waals surface area contributed by atoms with Gasteiger partial charge in [0.15, 0.2) is 0 Å². The molecule has 1 heterocycles. The van der Waals surface area contributed by atoms with Crippen LogP contribution < -0.4 is 0 Å². The Labute approximate surface area is 108 Å². The third-order valence-electron chi connectivity index (χ3n) is 2.21. The van der Waals surface area contributed by atoms with Gasteiger partial charge < -0.3 is 4.84 Å². The highest BCUT2D eigenvalue weighted by Crippen LogP contribution is 2.26. The zero-order chi connectivity index (χ0) is 12.8. The summed E-state index contributed by atoms with van der Waals surface area (Å²) < 4.78 is 0. The summed E-state index contributed by atoms with van der Waals surface area (Å²) in [7, 11) is 3.32. The first-order chi connectivity index (χ1) is 8.04. The molecule has 2 amide bonds. The number of hydrogen-bond acceptors (Lipinski definition) is 6. The molecule has 0 aromatic carbocycles. The fraction of sp³-hybridized carbons (Fsp3) is 0.700. The van der Waals surface area contributed by atoms with Crippen molar-refractivity contribution in [2.75, 3.05) is 6.26 Å². The summed E-state index contributed by atoms with van der Waals surface area (Å²) in [5.41, 5.74) is 0. The lowest BCUT2D eigenvalue weighted by Gasteiger charge is -2.13. The number of nitrogens with zero attached hydrogens (tertiary/aromatic N) is 1. The van der Waals surface area contributed by atoms with E-state index in [1.807, 2.05) is 13.2 Å². The second kappa shape index (κ2) is 6.90. The number of carbonyl (C=O) groups excluding carboxylic acids is 3. The topological polar surface area (TPSA) is 63.7 Å². The third-order valence-corrected chi connectivity index (χ3v) is 4.53. The molecule has 1 atom stereocenters. The Bertz CT molecular complexity index is 305. The molecule has 17 heavy (non-hydrogen) atoms. The average molecular weight is 277 g/mol. The Morgan fingerprint density at radius 1 is 1.41 bits per heavy atom. The van der Waals surface area contributed by atoms with E-state index in [-0.39, 0.29) is 19.3 Å². The summed E-state index contributed by atoms with van der Waals surface area (Å²) in [6.07, 6.45) is 3.11. The number of rotatable bonds is 6. The normalized spacial score (nSPS) is 17.4. The maximum Gasteiger partial charge on any atom is 0.333 e. The van der Waals surface area contributed by atoms with Gasteiger partial charge >= 0.3 is 5.97 Å². The molecule has 0 N–H and O–H groups in total. The van der Waals surface area contributed by atoms with E-state index in [4.69, 9.17) is 4.84 Å². The van der Waals surface area contributed by atoms with Gasteiger partial charge in [-0.3, -0.25) is 9.59 Å². The molecule has 0 aliphatic carbocycles. The second-order valence-corrected chi connectivity index (χ2v) is 6.57. The van der Waals surface area contributed by atoms with E-state index in [0.29, 0.717) is 16.7 Å². The van der Waals surface area contributed by atoms with E-state index in [2.05, 4.69) is 0 Å². The van der Waals surface area contributed by atoms with Crippen molar-refractivity contribution in [1.82, 2.24) is 5.06 Å². The molecule has 1 saturated heterocycles. The van der Waals surface area contributed by atoms with Crippen molar-refractivity contribution >= 4 is 39.4 Å². The Morgan fingerprint density at radius 3 is 2.53 bits per heavy atom. The van der Waals surface area contributed by atoms with Crippen molar-refractivity contribution in [3.8, 4) is 0 Å². The van der Waals surface area contributed by atoms with Crippen LogP contribution >= 0.6 is 21.6 Å². The van der Waals surface area contributed by atoms with E-state index in [1.165, 1.54) is 0 Å². The van der Waals surface area contributed by atoms with Crippen LogP contribution in [0.3, 0.4) is 0 Å². The molecule has 5 nitrogen and oxygen atoms in total. The zero-order valence-corrected chi connectivity index (χ0v) is 11.4. The maximum atomic E-state index is 11.4. The van der Waals surface area contributed by atoms with E-state index < -0.39 is 17.8 Å². The van der Waals surface area contributed by atoms with Gasteiger partial charge in [-0.25, -0.2) is 4.79 Å². The molecule has 0 radical (unpaired) electrons. The van der Waals surface area contributed by atoms with Gasteiger partial charge in [-0.1, -0.05) is 28.5 Å². The van der Waals surface area contributed by atoms with E-state index >= 15 is 0 Å². The fourth-order valence-electron chi connectivity index (χ4n) is 1.34. The third kappa shape index (κ3) is 4.59. The van der Waals surface area contributed by atoms with E-state index in [1.54, 1.807) is 21.6 Å². The highest BCUT2D eigenvalue weighted by atomic mass is 33.1. The lowest BCUT2D eigenvalue weighted by Crippen LogP contribution is -2.32. The maximum absolute atomic E-state index is 11.4. The van der Waals surface area contributed by atoms with Crippen molar-refractivity contribution < 1.29 is 19.2 Å². The number of hydrogen-bond donors (Lipinski definition) is 0. The highest BCUT2D eigenvalue weighted by molar-refractivity contribution is 8.76.